The Morgan fingerprint density at radius 3 is 2.87 bits per heavy atom. The van der Waals surface area contributed by atoms with Gasteiger partial charge < -0.3 is 16.2 Å². The Hall–Kier alpha value is -1.10. The summed E-state index contributed by atoms with van der Waals surface area (Å²) >= 11 is 5.91. The van der Waals surface area contributed by atoms with Gasteiger partial charge in [0.25, 0.3) is 0 Å². The van der Waals surface area contributed by atoms with Gasteiger partial charge in [-0.1, -0.05) is 23.7 Å². The normalized spacial score (nSPS) is 12.3. The van der Waals surface area contributed by atoms with Gasteiger partial charge in [0.15, 0.2) is 0 Å². The second-order valence-corrected chi connectivity index (χ2v) is 3.54. The monoisotopic (exact) mass is 228 g/mol. The molecule has 0 saturated heterocycles. The van der Waals surface area contributed by atoms with Gasteiger partial charge in [-0.25, -0.2) is 0 Å². The molecule has 0 saturated carbocycles. The van der Waals surface area contributed by atoms with Crippen LogP contribution in [-0.2, 0) is 4.79 Å². The number of nitrogens with two attached hydrogens (primary N) is 1. The molecule has 0 aliphatic heterocycles. The molecule has 0 heterocycles. The van der Waals surface area contributed by atoms with Crippen molar-refractivity contribution in [3.8, 4) is 0 Å². The van der Waals surface area contributed by atoms with Crippen LogP contribution >= 0.6 is 11.6 Å². The molecule has 1 atom stereocenters. The van der Waals surface area contributed by atoms with E-state index < -0.39 is 6.10 Å². The van der Waals surface area contributed by atoms with Gasteiger partial charge in [-0.15, -0.1) is 0 Å². The van der Waals surface area contributed by atoms with E-state index in [0.717, 1.165) is 0 Å². The number of anilines is 1. The van der Waals surface area contributed by atoms with Crippen molar-refractivity contribution in [3.63, 3.8) is 0 Å². The molecule has 1 aromatic carbocycles. The number of benzene rings is 1. The number of amides is 1. The third kappa shape index (κ3) is 2.92. The largest absolute Gasteiger partial charge is 0.387 e. The highest BCUT2D eigenvalue weighted by atomic mass is 35.5. The van der Waals surface area contributed by atoms with E-state index in [2.05, 4.69) is 5.32 Å². The molecule has 0 spiro atoms. The number of carbonyl (C=O) groups is 1. The lowest BCUT2D eigenvalue weighted by atomic mass is 10.1. The molecular formula is C10H13ClN2O2. The summed E-state index contributed by atoms with van der Waals surface area (Å²) in [6.45, 7) is 1.45. The van der Waals surface area contributed by atoms with Crippen LogP contribution in [0.3, 0.4) is 0 Å². The van der Waals surface area contributed by atoms with Crippen LogP contribution in [0.2, 0.25) is 5.02 Å². The molecule has 5 heteroatoms. The minimum atomic E-state index is -0.828. The second kappa shape index (κ2) is 5.11. The number of aliphatic hydroxyl groups is 1. The van der Waals surface area contributed by atoms with Crippen LogP contribution < -0.4 is 11.1 Å². The van der Waals surface area contributed by atoms with E-state index in [-0.39, 0.29) is 12.5 Å². The van der Waals surface area contributed by atoms with Crippen molar-refractivity contribution < 1.29 is 9.90 Å². The Morgan fingerprint density at radius 1 is 1.67 bits per heavy atom. The van der Waals surface area contributed by atoms with E-state index in [4.69, 9.17) is 17.3 Å². The number of hydrogen-bond donors (Lipinski definition) is 3. The predicted octanol–water partition coefficient (Wildman–Crippen LogP) is 1.29. The number of aliphatic hydroxyl groups excluding tert-OH is 1. The number of hydrogen-bond acceptors (Lipinski definition) is 3. The maximum absolute atomic E-state index is 10.9. The molecule has 82 valence electrons. The van der Waals surface area contributed by atoms with Crippen molar-refractivity contribution in [1.29, 1.82) is 0 Å². The average molecular weight is 229 g/mol. The fourth-order valence-corrected chi connectivity index (χ4v) is 1.48. The number of nitrogens with one attached hydrogen (secondary N) is 1. The quantitative estimate of drug-likeness (QED) is 0.730. The van der Waals surface area contributed by atoms with Crippen molar-refractivity contribution in [3.05, 3.63) is 28.8 Å². The van der Waals surface area contributed by atoms with Crippen LogP contribution in [0.5, 0.6) is 0 Å². The smallest absolute Gasteiger partial charge is 0.221 e. The standard InChI is InChI=1S/C10H13ClN2O2/c1-6(14)13-10-7(9(15)5-12)3-2-4-8(10)11/h2-4,9,15H,5,12H2,1H3,(H,13,14). The zero-order chi connectivity index (χ0) is 11.4. The lowest BCUT2D eigenvalue weighted by molar-refractivity contribution is -0.114. The average Bonchev–Trinajstić information content (AvgIpc) is 2.19. The van der Waals surface area contributed by atoms with Crippen LogP contribution in [0.4, 0.5) is 5.69 Å². The number of halogens is 1. The highest BCUT2D eigenvalue weighted by molar-refractivity contribution is 6.33. The zero-order valence-electron chi connectivity index (χ0n) is 8.33. The maximum Gasteiger partial charge on any atom is 0.221 e. The van der Waals surface area contributed by atoms with Gasteiger partial charge in [0, 0.05) is 19.0 Å². The lowest BCUT2D eigenvalue weighted by Crippen LogP contribution is -2.16. The molecule has 0 fully saturated rings. The van der Waals surface area contributed by atoms with Gasteiger partial charge >= 0.3 is 0 Å². The summed E-state index contributed by atoms with van der Waals surface area (Å²) in [5, 5.41) is 12.6. The Morgan fingerprint density at radius 2 is 2.33 bits per heavy atom. The van der Waals surface area contributed by atoms with Gasteiger partial charge in [-0.05, 0) is 6.07 Å². The Bertz CT molecular complexity index is 368. The summed E-state index contributed by atoms with van der Waals surface area (Å²) in [5.74, 6) is -0.242. The van der Waals surface area contributed by atoms with Crippen molar-refractivity contribution >= 4 is 23.2 Å². The van der Waals surface area contributed by atoms with Crippen LogP contribution in [-0.4, -0.2) is 17.6 Å². The first-order valence-electron chi connectivity index (χ1n) is 4.50. The molecule has 0 aliphatic carbocycles. The Balaban J connectivity index is 3.13. The van der Waals surface area contributed by atoms with Gasteiger partial charge in [-0.3, -0.25) is 4.79 Å². The highest BCUT2D eigenvalue weighted by Gasteiger charge is 2.14. The molecule has 4 nitrogen and oxygen atoms in total. The maximum atomic E-state index is 10.9. The third-order valence-corrected chi connectivity index (χ3v) is 2.24. The summed E-state index contributed by atoms with van der Waals surface area (Å²) in [6, 6.07) is 5.01. The zero-order valence-corrected chi connectivity index (χ0v) is 9.08. The molecular weight excluding hydrogens is 216 g/mol. The van der Waals surface area contributed by atoms with Crippen molar-refractivity contribution in [2.45, 2.75) is 13.0 Å². The van der Waals surface area contributed by atoms with Crippen molar-refractivity contribution in [1.82, 2.24) is 0 Å². The van der Waals surface area contributed by atoms with Gasteiger partial charge in [0.05, 0.1) is 16.8 Å². The number of rotatable bonds is 3. The second-order valence-electron chi connectivity index (χ2n) is 3.14. The molecule has 0 bridgehead atoms. The van der Waals surface area contributed by atoms with E-state index >= 15 is 0 Å². The van der Waals surface area contributed by atoms with Crippen LogP contribution in [0.1, 0.15) is 18.6 Å². The first-order valence-corrected chi connectivity index (χ1v) is 4.88. The van der Waals surface area contributed by atoms with Crippen molar-refractivity contribution in [2.75, 3.05) is 11.9 Å². The van der Waals surface area contributed by atoms with E-state index in [1.807, 2.05) is 0 Å². The fraction of sp³-hybridized carbons (Fsp3) is 0.300. The summed E-state index contributed by atoms with van der Waals surface area (Å²) < 4.78 is 0. The first-order chi connectivity index (χ1) is 7.06. The minimum Gasteiger partial charge on any atom is -0.387 e. The summed E-state index contributed by atoms with van der Waals surface area (Å²) in [6.07, 6.45) is -0.828. The molecule has 1 aromatic rings. The van der Waals surface area contributed by atoms with E-state index in [1.165, 1.54) is 6.92 Å². The van der Waals surface area contributed by atoms with Gasteiger partial charge in [0.1, 0.15) is 0 Å². The molecule has 1 rings (SSSR count). The third-order valence-electron chi connectivity index (χ3n) is 1.93. The van der Waals surface area contributed by atoms with E-state index in [1.54, 1.807) is 18.2 Å². The lowest BCUT2D eigenvalue weighted by Gasteiger charge is -2.15. The first kappa shape index (κ1) is 12.0. The van der Waals surface area contributed by atoms with Crippen molar-refractivity contribution in [2.24, 2.45) is 5.73 Å². The summed E-state index contributed by atoms with van der Waals surface area (Å²) in [4.78, 5) is 10.9. The van der Waals surface area contributed by atoms with Crippen LogP contribution in [0.25, 0.3) is 0 Å². The number of para-hydroxylation sites is 1. The minimum absolute atomic E-state index is 0.0763. The topological polar surface area (TPSA) is 75.3 Å². The van der Waals surface area contributed by atoms with Crippen LogP contribution in [0.15, 0.2) is 18.2 Å². The molecule has 0 aromatic heterocycles. The summed E-state index contributed by atoms with van der Waals surface area (Å²) in [7, 11) is 0. The highest BCUT2D eigenvalue weighted by Crippen LogP contribution is 2.29. The number of carbonyl (C=O) groups excluding carboxylic acids is 1. The van der Waals surface area contributed by atoms with Crippen LogP contribution in [0, 0.1) is 0 Å². The van der Waals surface area contributed by atoms with Gasteiger partial charge in [0.2, 0.25) is 5.91 Å². The van der Waals surface area contributed by atoms with E-state index in [0.29, 0.717) is 16.3 Å². The SMILES string of the molecule is CC(=O)Nc1c(Cl)cccc1C(O)CN. The summed E-state index contributed by atoms with van der Waals surface area (Å²) in [5.41, 5.74) is 6.30. The molecule has 0 aliphatic rings. The Labute approximate surface area is 93.0 Å². The predicted molar refractivity (Wildman–Crippen MR) is 59.8 cm³/mol. The van der Waals surface area contributed by atoms with E-state index in [9.17, 15) is 9.90 Å². The molecule has 1 unspecified atom stereocenters. The Kier molecular flexibility index (Phi) is 4.08. The molecule has 15 heavy (non-hydrogen) atoms. The fourth-order valence-electron chi connectivity index (χ4n) is 1.25. The molecule has 4 N–H and O–H groups in total. The van der Waals surface area contributed by atoms with Gasteiger partial charge in [-0.2, -0.15) is 0 Å². The molecule has 1 amide bonds. The molecule has 0 radical (unpaired) electrons.